The number of nitrogens with one attached hydrogen (secondary N) is 1. The molecule has 0 radical (unpaired) electrons. The fourth-order valence-corrected chi connectivity index (χ4v) is 6.48. The number of anilines is 2. The van der Waals surface area contributed by atoms with Gasteiger partial charge in [-0.3, -0.25) is 9.59 Å². The van der Waals surface area contributed by atoms with E-state index in [0.29, 0.717) is 31.5 Å². The van der Waals surface area contributed by atoms with Gasteiger partial charge in [0, 0.05) is 22.4 Å². The van der Waals surface area contributed by atoms with E-state index in [0.717, 1.165) is 23.0 Å². The highest BCUT2D eigenvalue weighted by molar-refractivity contribution is 9.10. The molecule has 30 heavy (non-hydrogen) atoms. The fraction of sp³-hybridized carbons (Fsp3) is 0.364. The van der Waals surface area contributed by atoms with Gasteiger partial charge in [-0.2, -0.15) is 0 Å². The first-order valence-electron chi connectivity index (χ1n) is 10.1. The van der Waals surface area contributed by atoms with Gasteiger partial charge in [0.2, 0.25) is 11.8 Å². The van der Waals surface area contributed by atoms with Crippen LogP contribution in [0.4, 0.5) is 11.4 Å². The fourth-order valence-electron chi connectivity index (χ4n) is 4.19. The number of benzene rings is 2. The summed E-state index contributed by atoms with van der Waals surface area (Å²) in [6.45, 7) is 0.462. The highest BCUT2D eigenvalue weighted by atomic mass is 79.9. The number of nitrogens with zero attached hydrogens (tertiary/aromatic N) is 1. The summed E-state index contributed by atoms with van der Waals surface area (Å²) in [7, 11) is -3.41. The zero-order valence-corrected chi connectivity index (χ0v) is 18.8. The highest BCUT2D eigenvalue weighted by Crippen LogP contribution is 2.31. The maximum Gasteiger partial charge on any atom is 0.239 e. The van der Waals surface area contributed by atoms with E-state index in [1.165, 1.54) is 6.07 Å². The Morgan fingerprint density at radius 3 is 2.50 bits per heavy atom. The third kappa shape index (κ3) is 4.16. The molecule has 1 aliphatic carbocycles. The van der Waals surface area contributed by atoms with E-state index in [1.54, 1.807) is 23.1 Å². The molecular formula is C22H23BrN2O4S. The molecule has 0 spiro atoms. The quantitative estimate of drug-likeness (QED) is 0.637. The van der Waals surface area contributed by atoms with Gasteiger partial charge in [-0.15, -0.1) is 0 Å². The van der Waals surface area contributed by atoms with Gasteiger partial charge in [-0.1, -0.05) is 40.9 Å². The van der Waals surface area contributed by atoms with Crippen molar-refractivity contribution in [3.63, 3.8) is 0 Å². The van der Waals surface area contributed by atoms with E-state index in [9.17, 15) is 18.0 Å². The van der Waals surface area contributed by atoms with Crippen LogP contribution < -0.4 is 10.2 Å². The van der Waals surface area contributed by atoms with E-state index < -0.39 is 21.7 Å². The largest absolute Gasteiger partial charge is 0.325 e. The van der Waals surface area contributed by atoms with E-state index in [1.807, 2.05) is 24.3 Å². The number of carbonyl (C=O) groups excluding carboxylic acids is 2. The van der Waals surface area contributed by atoms with Crippen LogP contribution in [0.3, 0.4) is 0 Å². The number of rotatable bonds is 5. The van der Waals surface area contributed by atoms with Crippen molar-refractivity contribution < 1.29 is 18.0 Å². The van der Waals surface area contributed by atoms with Crippen molar-refractivity contribution in [3.8, 4) is 0 Å². The molecule has 1 atom stereocenters. The number of hydrogen-bond donors (Lipinski definition) is 1. The monoisotopic (exact) mass is 490 g/mol. The van der Waals surface area contributed by atoms with Gasteiger partial charge < -0.3 is 10.2 Å². The van der Waals surface area contributed by atoms with E-state index in [2.05, 4.69) is 21.2 Å². The van der Waals surface area contributed by atoms with Gasteiger partial charge in [0.25, 0.3) is 0 Å². The number of carbonyl (C=O) groups is 2. The Hall–Kier alpha value is -2.19. The Bertz CT molecular complexity index is 1080. The Balaban J connectivity index is 1.47. The normalized spacial score (nSPS) is 20.0. The van der Waals surface area contributed by atoms with Gasteiger partial charge >= 0.3 is 0 Å². The second-order valence-corrected chi connectivity index (χ2v) is 10.9. The Kier molecular flexibility index (Phi) is 5.97. The smallest absolute Gasteiger partial charge is 0.239 e. The molecule has 1 heterocycles. The molecule has 0 bridgehead atoms. The predicted octanol–water partition coefficient (Wildman–Crippen LogP) is 4.16. The van der Waals surface area contributed by atoms with Gasteiger partial charge in [-0.25, -0.2) is 8.42 Å². The van der Waals surface area contributed by atoms with Crippen molar-refractivity contribution in [2.75, 3.05) is 16.8 Å². The molecule has 1 saturated heterocycles. The van der Waals surface area contributed by atoms with Crippen LogP contribution in [0.15, 0.2) is 57.9 Å². The van der Waals surface area contributed by atoms with E-state index in [-0.39, 0.29) is 16.1 Å². The third-order valence-corrected chi connectivity index (χ3v) is 8.57. The zero-order chi connectivity index (χ0) is 21.3. The molecule has 158 valence electrons. The van der Waals surface area contributed by atoms with Gasteiger partial charge in [0.05, 0.1) is 10.1 Å². The van der Waals surface area contributed by atoms with Crippen molar-refractivity contribution in [3.05, 3.63) is 53.0 Å². The molecule has 1 saturated carbocycles. The molecule has 1 unspecified atom stereocenters. The molecular weight excluding hydrogens is 468 g/mol. The van der Waals surface area contributed by atoms with Crippen molar-refractivity contribution in [1.82, 2.24) is 0 Å². The molecule has 2 aliphatic rings. The van der Waals surface area contributed by atoms with Gasteiger partial charge in [0.15, 0.2) is 9.84 Å². The summed E-state index contributed by atoms with van der Waals surface area (Å²) in [5.41, 5.74) is 1.14. The van der Waals surface area contributed by atoms with Crippen LogP contribution in [0.5, 0.6) is 0 Å². The summed E-state index contributed by atoms with van der Waals surface area (Å²) < 4.78 is 26.5. The average molecular weight is 491 g/mol. The topological polar surface area (TPSA) is 83.6 Å². The van der Waals surface area contributed by atoms with Crippen LogP contribution in [-0.4, -0.2) is 32.0 Å². The summed E-state index contributed by atoms with van der Waals surface area (Å²) in [5.74, 6) is -1.45. The first-order valence-corrected chi connectivity index (χ1v) is 12.4. The average Bonchev–Trinajstić information content (AvgIpc) is 3.38. The Morgan fingerprint density at radius 2 is 1.77 bits per heavy atom. The number of sulfone groups is 1. The van der Waals surface area contributed by atoms with Crippen molar-refractivity contribution in [2.24, 2.45) is 5.92 Å². The lowest BCUT2D eigenvalue weighted by Crippen LogP contribution is -2.33. The summed E-state index contributed by atoms with van der Waals surface area (Å²) in [5, 5.41) is 2.39. The minimum Gasteiger partial charge on any atom is -0.325 e. The van der Waals surface area contributed by atoms with Gasteiger partial charge in [-0.05, 0) is 55.7 Å². The van der Waals surface area contributed by atoms with Gasteiger partial charge in [0.1, 0.15) is 5.92 Å². The van der Waals surface area contributed by atoms with E-state index in [4.69, 9.17) is 0 Å². The number of halogens is 1. The van der Waals surface area contributed by atoms with Crippen molar-refractivity contribution in [1.29, 1.82) is 0 Å². The van der Waals surface area contributed by atoms with Crippen LogP contribution in [0, 0.1) is 5.92 Å². The lowest BCUT2D eigenvalue weighted by atomic mass is 10.1. The van der Waals surface area contributed by atoms with Crippen LogP contribution in [-0.2, 0) is 19.4 Å². The maximum absolute atomic E-state index is 12.8. The number of amides is 2. The lowest BCUT2D eigenvalue weighted by Gasteiger charge is -2.17. The lowest BCUT2D eigenvalue weighted by molar-refractivity contribution is -0.129. The standard InChI is InChI=1S/C22H23BrN2O4S/c23-15-5-3-7-17(13-15)25-12-11-20(22(25)27)21(26)24-16-6-4-10-19(14-16)30(28,29)18-8-1-2-9-18/h3-7,10,13-14,18,20H,1-2,8-9,11-12H2,(H,24,26). The predicted molar refractivity (Wildman–Crippen MR) is 119 cm³/mol. The molecule has 2 amide bonds. The zero-order valence-electron chi connectivity index (χ0n) is 16.4. The molecule has 6 nitrogen and oxygen atoms in total. The second kappa shape index (κ2) is 8.51. The highest BCUT2D eigenvalue weighted by Gasteiger charge is 2.38. The van der Waals surface area contributed by atoms with Crippen LogP contribution in [0.2, 0.25) is 0 Å². The Morgan fingerprint density at radius 1 is 1.03 bits per heavy atom. The van der Waals surface area contributed by atoms with E-state index >= 15 is 0 Å². The summed E-state index contributed by atoms with van der Waals surface area (Å²) in [4.78, 5) is 27.4. The third-order valence-electron chi connectivity index (χ3n) is 5.81. The Labute approximate surface area is 184 Å². The van der Waals surface area contributed by atoms with Crippen molar-refractivity contribution >= 4 is 49.0 Å². The molecule has 2 aromatic carbocycles. The minimum absolute atomic E-state index is 0.223. The SMILES string of the molecule is O=C(Nc1cccc(S(=O)(=O)C2CCCC2)c1)C1CCN(c2cccc(Br)c2)C1=O. The molecule has 1 N–H and O–H groups in total. The van der Waals surface area contributed by atoms with Crippen LogP contribution in [0.1, 0.15) is 32.1 Å². The summed E-state index contributed by atoms with van der Waals surface area (Å²) in [6.07, 6.45) is 3.64. The molecule has 2 fully saturated rings. The summed E-state index contributed by atoms with van der Waals surface area (Å²) >= 11 is 3.40. The second-order valence-electron chi connectivity index (χ2n) is 7.78. The molecule has 1 aliphatic heterocycles. The van der Waals surface area contributed by atoms with Crippen molar-refractivity contribution in [2.45, 2.75) is 42.2 Å². The molecule has 8 heteroatoms. The number of hydrogen-bond acceptors (Lipinski definition) is 4. The minimum atomic E-state index is -3.41. The van der Waals surface area contributed by atoms with Crippen LogP contribution >= 0.6 is 15.9 Å². The molecule has 4 rings (SSSR count). The summed E-state index contributed by atoms with van der Waals surface area (Å²) in [6, 6.07) is 13.7. The first-order chi connectivity index (χ1) is 14.4. The van der Waals surface area contributed by atoms with Crippen LogP contribution in [0.25, 0.3) is 0 Å². The molecule has 0 aromatic heterocycles. The molecule has 2 aromatic rings. The first kappa shape index (κ1) is 21.1. The maximum atomic E-state index is 12.8.